The molecule has 1 aliphatic rings. The molecule has 3 aromatic rings. The molecule has 0 atom stereocenters. The number of methoxy groups -OCH3 is 1. The van der Waals surface area contributed by atoms with E-state index in [1.807, 2.05) is 42.5 Å². The minimum Gasteiger partial charge on any atom is -0.497 e. The van der Waals surface area contributed by atoms with E-state index in [0.29, 0.717) is 5.75 Å². The first-order chi connectivity index (χ1) is 10.9. The summed E-state index contributed by atoms with van der Waals surface area (Å²) in [7, 11) is 1.64. The minimum atomic E-state index is 0.224. The fourth-order valence-corrected chi connectivity index (χ4v) is 2.52. The van der Waals surface area contributed by atoms with Gasteiger partial charge in [-0.1, -0.05) is 23.4 Å². The fraction of sp³-hybridized carbons (Fsp3) is 0.118. The third kappa shape index (κ3) is 1.98. The zero-order valence-electron chi connectivity index (χ0n) is 11.9. The van der Waals surface area contributed by atoms with Crippen molar-refractivity contribution < 1.29 is 18.7 Å². The van der Waals surface area contributed by atoms with E-state index in [0.717, 1.165) is 33.9 Å². The van der Waals surface area contributed by atoms with E-state index in [9.17, 15) is 0 Å². The van der Waals surface area contributed by atoms with Crippen LogP contribution in [0.15, 0.2) is 53.3 Å². The van der Waals surface area contributed by atoms with Crippen LogP contribution in [-0.4, -0.2) is 19.1 Å². The number of rotatable bonds is 3. The summed E-state index contributed by atoms with van der Waals surface area (Å²) in [6.45, 7) is 0.224. The van der Waals surface area contributed by atoms with Gasteiger partial charge in [0.15, 0.2) is 11.5 Å². The quantitative estimate of drug-likeness (QED) is 0.736. The first-order valence-corrected chi connectivity index (χ1v) is 6.84. The normalized spacial score (nSPS) is 12.4. The van der Waals surface area contributed by atoms with Gasteiger partial charge in [-0.15, -0.1) is 0 Å². The van der Waals surface area contributed by atoms with Gasteiger partial charge in [-0.05, 0) is 29.8 Å². The number of ether oxygens (including phenoxy) is 3. The minimum absolute atomic E-state index is 0.224. The molecular formula is C17H13NO4. The predicted molar refractivity (Wildman–Crippen MR) is 80.1 cm³/mol. The van der Waals surface area contributed by atoms with Gasteiger partial charge in [0.2, 0.25) is 6.79 Å². The van der Waals surface area contributed by atoms with Crippen LogP contribution in [0, 0.1) is 0 Å². The van der Waals surface area contributed by atoms with Crippen LogP contribution in [0.4, 0.5) is 0 Å². The second kappa shape index (κ2) is 5.11. The number of aromatic nitrogens is 1. The summed E-state index contributed by atoms with van der Waals surface area (Å²) in [6, 6.07) is 13.5. The second-order valence-corrected chi connectivity index (χ2v) is 4.84. The molecular weight excluding hydrogens is 282 g/mol. The number of fused-ring (bicyclic) bond motifs is 1. The Morgan fingerprint density at radius 3 is 2.68 bits per heavy atom. The first kappa shape index (κ1) is 12.8. The molecule has 2 heterocycles. The van der Waals surface area contributed by atoms with E-state index in [1.54, 1.807) is 13.4 Å². The van der Waals surface area contributed by atoms with Crippen molar-refractivity contribution >= 4 is 0 Å². The second-order valence-electron chi connectivity index (χ2n) is 4.84. The van der Waals surface area contributed by atoms with E-state index >= 15 is 0 Å². The molecule has 1 aromatic heterocycles. The first-order valence-electron chi connectivity index (χ1n) is 6.84. The topological polar surface area (TPSA) is 53.7 Å². The molecule has 0 radical (unpaired) electrons. The largest absolute Gasteiger partial charge is 0.497 e. The average Bonchev–Trinajstić information content (AvgIpc) is 3.23. The number of para-hydroxylation sites is 1. The molecule has 0 fully saturated rings. The lowest BCUT2D eigenvalue weighted by Crippen LogP contribution is -1.94. The van der Waals surface area contributed by atoms with E-state index in [-0.39, 0.29) is 6.79 Å². The van der Waals surface area contributed by atoms with Crippen LogP contribution < -0.4 is 14.2 Å². The summed E-state index contributed by atoms with van der Waals surface area (Å²) in [6.07, 6.45) is 1.63. The monoisotopic (exact) mass is 295 g/mol. The highest BCUT2D eigenvalue weighted by Gasteiger charge is 2.22. The summed E-state index contributed by atoms with van der Waals surface area (Å²) in [5, 5.41) is 4.14. The molecule has 2 aromatic carbocycles. The van der Waals surface area contributed by atoms with Crippen LogP contribution in [0.2, 0.25) is 0 Å². The number of nitrogens with zero attached hydrogens (tertiary/aromatic N) is 1. The lowest BCUT2D eigenvalue weighted by atomic mass is 10.0. The molecule has 0 aliphatic carbocycles. The van der Waals surface area contributed by atoms with E-state index in [1.165, 1.54) is 0 Å². The van der Waals surface area contributed by atoms with Crippen LogP contribution in [0.5, 0.6) is 17.2 Å². The molecule has 0 saturated carbocycles. The van der Waals surface area contributed by atoms with Crippen molar-refractivity contribution in [2.75, 3.05) is 13.9 Å². The molecule has 0 bridgehead atoms. The van der Waals surface area contributed by atoms with Crippen molar-refractivity contribution in [3.8, 4) is 39.6 Å². The molecule has 5 nitrogen and oxygen atoms in total. The van der Waals surface area contributed by atoms with E-state index < -0.39 is 0 Å². The van der Waals surface area contributed by atoms with Gasteiger partial charge < -0.3 is 18.7 Å². The summed E-state index contributed by atoms with van der Waals surface area (Å²) in [4.78, 5) is 0. The van der Waals surface area contributed by atoms with Crippen molar-refractivity contribution in [2.24, 2.45) is 0 Å². The smallest absolute Gasteiger partial charge is 0.231 e. The van der Waals surface area contributed by atoms with Gasteiger partial charge in [0, 0.05) is 5.56 Å². The Morgan fingerprint density at radius 2 is 1.86 bits per heavy atom. The molecule has 5 heteroatoms. The molecule has 0 saturated heterocycles. The van der Waals surface area contributed by atoms with Crippen molar-refractivity contribution in [2.45, 2.75) is 0 Å². The van der Waals surface area contributed by atoms with Gasteiger partial charge in [0.1, 0.15) is 17.7 Å². The van der Waals surface area contributed by atoms with Gasteiger partial charge in [-0.25, -0.2) is 0 Å². The third-order valence-corrected chi connectivity index (χ3v) is 3.62. The zero-order valence-corrected chi connectivity index (χ0v) is 11.9. The maximum atomic E-state index is 5.56. The molecule has 4 rings (SSSR count). The summed E-state index contributed by atoms with van der Waals surface area (Å²) >= 11 is 0. The maximum absolute atomic E-state index is 5.56. The number of benzene rings is 2. The summed E-state index contributed by atoms with van der Waals surface area (Å²) in [5.74, 6) is 2.23. The molecule has 0 unspecified atom stereocenters. The lowest BCUT2D eigenvalue weighted by molar-refractivity contribution is 0.174. The van der Waals surface area contributed by atoms with Crippen molar-refractivity contribution in [1.29, 1.82) is 0 Å². The molecule has 0 amide bonds. The van der Waals surface area contributed by atoms with Crippen molar-refractivity contribution in [1.82, 2.24) is 5.16 Å². The average molecular weight is 295 g/mol. The summed E-state index contributed by atoms with van der Waals surface area (Å²) < 4.78 is 21.4. The van der Waals surface area contributed by atoms with Gasteiger partial charge in [0.25, 0.3) is 0 Å². The number of hydrogen-bond donors (Lipinski definition) is 0. The molecule has 22 heavy (non-hydrogen) atoms. The SMILES string of the molecule is COc1ccc(-c2conc2-c2cccc3c2OCO3)cc1. The fourth-order valence-electron chi connectivity index (χ4n) is 2.52. The van der Waals surface area contributed by atoms with Crippen LogP contribution in [0.3, 0.4) is 0 Å². The van der Waals surface area contributed by atoms with Gasteiger partial charge >= 0.3 is 0 Å². The Balaban J connectivity index is 1.82. The standard InChI is InChI=1S/C17H13NO4/c1-19-12-7-5-11(6-8-12)14-9-22-18-16(14)13-3-2-4-15-17(13)21-10-20-15/h2-9H,10H2,1H3. The Kier molecular flexibility index (Phi) is 2.96. The van der Waals surface area contributed by atoms with E-state index in [2.05, 4.69) is 5.16 Å². The molecule has 0 spiro atoms. The van der Waals surface area contributed by atoms with Crippen LogP contribution in [-0.2, 0) is 0 Å². The Labute approximate surface area is 127 Å². The highest BCUT2D eigenvalue weighted by molar-refractivity contribution is 5.84. The van der Waals surface area contributed by atoms with Gasteiger partial charge in [-0.3, -0.25) is 0 Å². The van der Waals surface area contributed by atoms with Crippen LogP contribution in [0.1, 0.15) is 0 Å². The zero-order chi connectivity index (χ0) is 14.9. The van der Waals surface area contributed by atoms with Crippen LogP contribution >= 0.6 is 0 Å². The van der Waals surface area contributed by atoms with Gasteiger partial charge in [-0.2, -0.15) is 0 Å². The Hall–Kier alpha value is -2.95. The van der Waals surface area contributed by atoms with E-state index in [4.69, 9.17) is 18.7 Å². The maximum Gasteiger partial charge on any atom is 0.231 e. The molecule has 0 N–H and O–H groups in total. The van der Waals surface area contributed by atoms with Crippen molar-refractivity contribution in [3.05, 3.63) is 48.7 Å². The Bertz CT molecular complexity index is 808. The van der Waals surface area contributed by atoms with Gasteiger partial charge in [0.05, 0.1) is 12.7 Å². The highest BCUT2D eigenvalue weighted by atomic mass is 16.7. The molecule has 1 aliphatic heterocycles. The Morgan fingerprint density at radius 1 is 1.00 bits per heavy atom. The molecule has 110 valence electrons. The predicted octanol–water partition coefficient (Wildman–Crippen LogP) is 3.75. The van der Waals surface area contributed by atoms with Crippen LogP contribution in [0.25, 0.3) is 22.4 Å². The highest BCUT2D eigenvalue weighted by Crippen LogP contribution is 2.43. The third-order valence-electron chi connectivity index (χ3n) is 3.62. The summed E-state index contributed by atoms with van der Waals surface area (Å²) in [5.41, 5.74) is 3.47. The number of hydrogen-bond acceptors (Lipinski definition) is 5. The lowest BCUT2D eigenvalue weighted by Gasteiger charge is -2.06. The van der Waals surface area contributed by atoms with Crippen molar-refractivity contribution in [3.63, 3.8) is 0 Å².